The normalized spacial score (nSPS) is 10.8. The molecule has 0 bridgehead atoms. The summed E-state index contributed by atoms with van der Waals surface area (Å²) < 4.78 is 10.8. The van der Waals surface area contributed by atoms with Crippen molar-refractivity contribution in [1.29, 1.82) is 0 Å². The van der Waals surface area contributed by atoms with E-state index in [1.807, 2.05) is 48.5 Å². The fraction of sp³-hybridized carbons (Fsp3) is 0.308. The van der Waals surface area contributed by atoms with Gasteiger partial charge in [0.05, 0.1) is 25.4 Å². The van der Waals surface area contributed by atoms with E-state index in [2.05, 4.69) is 24.5 Å². The van der Waals surface area contributed by atoms with Crippen molar-refractivity contribution in [1.82, 2.24) is 10.6 Å². The van der Waals surface area contributed by atoms with Gasteiger partial charge >= 0.3 is 0 Å². The standard InChI is InChI=1S/C26H30N2O4/c1-18(2)12-14-27-26(30)23-13-15-32-25(23)22-7-5-4-6-20(22)17-28-24(29)16-19-8-10-21(31-3)11-9-19/h4-11,13,15,18H,12,14,16-17H2,1-3H3,(H,27,30)(H,28,29). The molecule has 0 aliphatic rings. The average molecular weight is 435 g/mol. The summed E-state index contributed by atoms with van der Waals surface area (Å²) in [7, 11) is 1.61. The Morgan fingerprint density at radius 2 is 1.75 bits per heavy atom. The predicted octanol–water partition coefficient (Wildman–Crippen LogP) is 4.59. The lowest BCUT2D eigenvalue weighted by Crippen LogP contribution is -2.26. The Kier molecular flexibility index (Phi) is 8.08. The van der Waals surface area contributed by atoms with Crippen LogP contribution in [0, 0.1) is 5.92 Å². The van der Waals surface area contributed by atoms with Crippen LogP contribution in [-0.4, -0.2) is 25.5 Å². The molecule has 2 N–H and O–H groups in total. The summed E-state index contributed by atoms with van der Waals surface area (Å²) in [4.78, 5) is 25.1. The van der Waals surface area contributed by atoms with Gasteiger partial charge in [0.15, 0.2) is 0 Å². The Balaban J connectivity index is 1.67. The Morgan fingerprint density at radius 3 is 2.47 bits per heavy atom. The molecule has 6 heteroatoms. The molecular weight excluding hydrogens is 404 g/mol. The molecule has 0 radical (unpaired) electrons. The molecule has 0 saturated carbocycles. The number of hydrogen-bond donors (Lipinski definition) is 2. The number of hydrogen-bond acceptors (Lipinski definition) is 4. The van der Waals surface area contributed by atoms with Crippen LogP contribution in [0.1, 0.15) is 41.8 Å². The predicted molar refractivity (Wildman–Crippen MR) is 124 cm³/mol. The smallest absolute Gasteiger partial charge is 0.255 e. The first-order valence-corrected chi connectivity index (χ1v) is 10.8. The zero-order chi connectivity index (χ0) is 22.9. The summed E-state index contributed by atoms with van der Waals surface area (Å²) in [6, 6.07) is 16.7. The average Bonchev–Trinajstić information content (AvgIpc) is 3.28. The molecule has 2 amide bonds. The third-order valence-electron chi connectivity index (χ3n) is 5.18. The van der Waals surface area contributed by atoms with E-state index in [0.717, 1.165) is 28.9 Å². The summed E-state index contributed by atoms with van der Waals surface area (Å²) in [5.74, 6) is 1.53. The lowest BCUT2D eigenvalue weighted by Gasteiger charge is -2.11. The van der Waals surface area contributed by atoms with Gasteiger partial charge in [0.25, 0.3) is 5.91 Å². The second kappa shape index (κ2) is 11.2. The number of carbonyl (C=O) groups excluding carboxylic acids is 2. The van der Waals surface area contributed by atoms with Crippen molar-refractivity contribution in [2.75, 3.05) is 13.7 Å². The van der Waals surface area contributed by atoms with Gasteiger partial charge in [-0.3, -0.25) is 9.59 Å². The summed E-state index contributed by atoms with van der Waals surface area (Å²) in [6.45, 7) is 5.19. The van der Waals surface area contributed by atoms with Gasteiger partial charge in [0.1, 0.15) is 11.5 Å². The number of amides is 2. The lowest BCUT2D eigenvalue weighted by atomic mass is 10.0. The lowest BCUT2D eigenvalue weighted by molar-refractivity contribution is -0.120. The number of furan rings is 1. The molecule has 0 saturated heterocycles. The molecule has 2 aromatic carbocycles. The van der Waals surface area contributed by atoms with Crippen molar-refractivity contribution in [2.24, 2.45) is 5.92 Å². The van der Waals surface area contributed by atoms with Gasteiger partial charge in [-0.1, -0.05) is 50.2 Å². The zero-order valence-electron chi connectivity index (χ0n) is 18.8. The number of carbonyl (C=O) groups is 2. The van der Waals surface area contributed by atoms with Crippen LogP contribution in [0.15, 0.2) is 65.3 Å². The summed E-state index contributed by atoms with van der Waals surface area (Å²) in [5, 5.41) is 5.92. The molecule has 6 nitrogen and oxygen atoms in total. The van der Waals surface area contributed by atoms with Crippen LogP contribution >= 0.6 is 0 Å². The van der Waals surface area contributed by atoms with Crippen molar-refractivity contribution in [3.8, 4) is 17.1 Å². The number of ether oxygens (including phenoxy) is 1. The molecule has 0 unspecified atom stereocenters. The monoisotopic (exact) mass is 434 g/mol. The molecule has 3 aromatic rings. The van der Waals surface area contributed by atoms with Crippen molar-refractivity contribution < 1.29 is 18.7 Å². The molecule has 0 spiro atoms. The van der Waals surface area contributed by atoms with Gasteiger partial charge in [-0.05, 0) is 41.7 Å². The Labute approximate surface area is 189 Å². The van der Waals surface area contributed by atoms with Gasteiger partial charge in [-0.15, -0.1) is 0 Å². The van der Waals surface area contributed by atoms with E-state index >= 15 is 0 Å². The van der Waals surface area contributed by atoms with Crippen LogP contribution in [-0.2, 0) is 17.8 Å². The van der Waals surface area contributed by atoms with Gasteiger partial charge in [0.2, 0.25) is 5.91 Å². The van der Waals surface area contributed by atoms with E-state index in [4.69, 9.17) is 9.15 Å². The number of methoxy groups -OCH3 is 1. The van der Waals surface area contributed by atoms with Gasteiger partial charge in [-0.25, -0.2) is 0 Å². The molecular formula is C26H30N2O4. The van der Waals surface area contributed by atoms with E-state index in [0.29, 0.717) is 30.3 Å². The fourth-order valence-electron chi connectivity index (χ4n) is 3.35. The SMILES string of the molecule is COc1ccc(CC(=O)NCc2ccccc2-c2occc2C(=O)NCCC(C)C)cc1. The Morgan fingerprint density at radius 1 is 1.00 bits per heavy atom. The minimum Gasteiger partial charge on any atom is -0.497 e. The second-order valence-electron chi connectivity index (χ2n) is 8.06. The van der Waals surface area contributed by atoms with E-state index in [9.17, 15) is 9.59 Å². The maximum atomic E-state index is 12.7. The van der Waals surface area contributed by atoms with Gasteiger partial charge < -0.3 is 19.8 Å². The number of benzene rings is 2. The Hall–Kier alpha value is -3.54. The molecule has 0 fully saturated rings. The quantitative estimate of drug-likeness (QED) is 0.489. The highest BCUT2D eigenvalue weighted by molar-refractivity contribution is 5.99. The van der Waals surface area contributed by atoms with E-state index in [-0.39, 0.29) is 18.2 Å². The first-order valence-electron chi connectivity index (χ1n) is 10.8. The van der Waals surface area contributed by atoms with Crippen LogP contribution in [0.3, 0.4) is 0 Å². The van der Waals surface area contributed by atoms with Crippen molar-refractivity contribution in [3.63, 3.8) is 0 Å². The molecule has 3 rings (SSSR count). The minimum absolute atomic E-state index is 0.0870. The highest BCUT2D eigenvalue weighted by Crippen LogP contribution is 2.28. The summed E-state index contributed by atoms with van der Waals surface area (Å²) in [6.07, 6.45) is 2.71. The van der Waals surface area contributed by atoms with E-state index < -0.39 is 0 Å². The van der Waals surface area contributed by atoms with Crippen LogP contribution in [0.5, 0.6) is 5.75 Å². The van der Waals surface area contributed by atoms with Crippen molar-refractivity contribution in [3.05, 3.63) is 77.6 Å². The molecule has 168 valence electrons. The van der Waals surface area contributed by atoms with Crippen LogP contribution in [0.4, 0.5) is 0 Å². The zero-order valence-corrected chi connectivity index (χ0v) is 18.8. The molecule has 0 atom stereocenters. The van der Waals surface area contributed by atoms with Crippen LogP contribution in [0.25, 0.3) is 11.3 Å². The highest BCUT2D eigenvalue weighted by Gasteiger charge is 2.18. The third kappa shape index (κ3) is 6.23. The Bertz CT molecular complexity index is 1040. The topological polar surface area (TPSA) is 80.6 Å². The van der Waals surface area contributed by atoms with Crippen LogP contribution in [0.2, 0.25) is 0 Å². The first-order chi connectivity index (χ1) is 15.5. The highest BCUT2D eigenvalue weighted by atomic mass is 16.5. The maximum absolute atomic E-state index is 12.7. The summed E-state index contributed by atoms with van der Waals surface area (Å²) in [5.41, 5.74) is 3.06. The van der Waals surface area contributed by atoms with E-state index in [1.54, 1.807) is 13.2 Å². The molecule has 1 aromatic heterocycles. The summed E-state index contributed by atoms with van der Waals surface area (Å²) >= 11 is 0. The van der Waals surface area contributed by atoms with Crippen LogP contribution < -0.4 is 15.4 Å². The van der Waals surface area contributed by atoms with Gasteiger partial charge in [-0.2, -0.15) is 0 Å². The molecule has 1 heterocycles. The van der Waals surface area contributed by atoms with Gasteiger partial charge in [0, 0.05) is 18.7 Å². The molecule has 0 aliphatic carbocycles. The second-order valence-corrected chi connectivity index (χ2v) is 8.06. The molecule has 0 aliphatic heterocycles. The fourth-order valence-corrected chi connectivity index (χ4v) is 3.35. The van der Waals surface area contributed by atoms with Crippen molar-refractivity contribution in [2.45, 2.75) is 33.2 Å². The molecule has 32 heavy (non-hydrogen) atoms. The number of rotatable bonds is 10. The van der Waals surface area contributed by atoms with E-state index in [1.165, 1.54) is 6.26 Å². The minimum atomic E-state index is -0.159. The third-order valence-corrected chi connectivity index (χ3v) is 5.18. The number of nitrogens with one attached hydrogen (secondary N) is 2. The maximum Gasteiger partial charge on any atom is 0.255 e. The largest absolute Gasteiger partial charge is 0.497 e. The first kappa shape index (κ1) is 23.1. The van der Waals surface area contributed by atoms with Crippen molar-refractivity contribution >= 4 is 11.8 Å².